The van der Waals surface area contributed by atoms with Gasteiger partial charge in [0.2, 0.25) is 0 Å². The Balaban J connectivity index is 1.99. The van der Waals surface area contributed by atoms with Gasteiger partial charge < -0.3 is 4.90 Å². The van der Waals surface area contributed by atoms with E-state index in [0.717, 1.165) is 11.3 Å². The summed E-state index contributed by atoms with van der Waals surface area (Å²) in [6.45, 7) is 4.59. The molecule has 0 aromatic heterocycles. The van der Waals surface area contributed by atoms with Crippen LogP contribution in [0.4, 0.5) is 17.1 Å². The van der Waals surface area contributed by atoms with Crippen molar-refractivity contribution in [3.8, 4) is 12.3 Å². The molecule has 1 aliphatic rings. The first-order chi connectivity index (χ1) is 11.6. The minimum absolute atomic E-state index is 0.0254. The molecule has 1 nitrogen and oxygen atoms in total. The van der Waals surface area contributed by atoms with Gasteiger partial charge in [0.1, 0.15) is 0 Å². The molecule has 0 saturated carbocycles. The Kier molecular flexibility index (Phi) is 3.22. The third kappa shape index (κ3) is 2.04. The van der Waals surface area contributed by atoms with Gasteiger partial charge in [-0.05, 0) is 47.5 Å². The van der Waals surface area contributed by atoms with E-state index in [1.165, 1.54) is 22.5 Å². The molecule has 0 N–H and O–H groups in total. The molecule has 0 radical (unpaired) electrons. The highest BCUT2D eigenvalue weighted by atomic mass is 15.2. The van der Waals surface area contributed by atoms with Gasteiger partial charge in [-0.25, -0.2) is 0 Å². The van der Waals surface area contributed by atoms with Crippen LogP contribution in [0.1, 0.15) is 30.5 Å². The van der Waals surface area contributed by atoms with Crippen molar-refractivity contribution in [1.29, 1.82) is 0 Å². The van der Waals surface area contributed by atoms with E-state index in [1.807, 2.05) is 12.1 Å². The van der Waals surface area contributed by atoms with E-state index in [2.05, 4.69) is 85.3 Å². The summed E-state index contributed by atoms with van der Waals surface area (Å²) in [6.07, 6.45) is 5.50. The van der Waals surface area contributed by atoms with E-state index >= 15 is 0 Å². The fourth-order valence-corrected chi connectivity index (χ4v) is 3.65. The van der Waals surface area contributed by atoms with Crippen molar-refractivity contribution in [2.24, 2.45) is 0 Å². The Bertz CT molecular complexity index is 893. The number of anilines is 3. The molecule has 0 unspecified atom stereocenters. The summed E-state index contributed by atoms with van der Waals surface area (Å²) in [5.41, 5.74) is 7.14. The first-order valence-electron chi connectivity index (χ1n) is 8.19. The fourth-order valence-electron chi connectivity index (χ4n) is 3.65. The number of hydrogen-bond acceptors (Lipinski definition) is 1. The molecular formula is C23H19N. The lowest BCUT2D eigenvalue weighted by molar-refractivity contribution is 0.632. The zero-order valence-corrected chi connectivity index (χ0v) is 14.0. The number of benzene rings is 3. The first kappa shape index (κ1) is 14.6. The zero-order valence-electron chi connectivity index (χ0n) is 14.0. The van der Waals surface area contributed by atoms with Crippen LogP contribution in [0, 0.1) is 12.3 Å². The Labute approximate surface area is 143 Å². The van der Waals surface area contributed by atoms with Crippen molar-refractivity contribution < 1.29 is 0 Å². The molecule has 1 heterocycles. The van der Waals surface area contributed by atoms with E-state index in [4.69, 9.17) is 6.42 Å². The Hall–Kier alpha value is -2.98. The zero-order chi connectivity index (χ0) is 16.7. The molecule has 116 valence electrons. The molecule has 3 aromatic carbocycles. The highest BCUT2D eigenvalue weighted by molar-refractivity contribution is 5.85. The molecule has 4 rings (SSSR count). The molecule has 0 aliphatic carbocycles. The Morgan fingerprint density at radius 3 is 1.75 bits per heavy atom. The van der Waals surface area contributed by atoms with Crippen molar-refractivity contribution in [2.75, 3.05) is 4.90 Å². The van der Waals surface area contributed by atoms with Gasteiger partial charge in [-0.2, -0.15) is 0 Å². The monoisotopic (exact) mass is 309 g/mol. The second kappa shape index (κ2) is 5.28. The van der Waals surface area contributed by atoms with E-state index in [9.17, 15) is 0 Å². The second-order valence-corrected chi connectivity index (χ2v) is 6.69. The SMILES string of the molecule is C#Cc1ccc(N2c3ccccc3C(C)(C)c3ccccc32)cc1. The molecule has 1 aliphatic heterocycles. The molecule has 0 saturated heterocycles. The van der Waals surface area contributed by atoms with Crippen LogP contribution in [0.5, 0.6) is 0 Å². The summed E-state index contributed by atoms with van der Waals surface area (Å²) in [5.74, 6) is 2.69. The van der Waals surface area contributed by atoms with Gasteiger partial charge in [0.25, 0.3) is 0 Å². The summed E-state index contributed by atoms with van der Waals surface area (Å²) < 4.78 is 0. The number of fused-ring (bicyclic) bond motifs is 2. The van der Waals surface area contributed by atoms with Crippen LogP contribution in [0.3, 0.4) is 0 Å². The summed E-state index contributed by atoms with van der Waals surface area (Å²) in [6, 6.07) is 25.5. The lowest BCUT2D eigenvalue weighted by Crippen LogP contribution is -2.30. The van der Waals surface area contributed by atoms with Gasteiger partial charge in [-0.1, -0.05) is 56.2 Å². The number of nitrogens with zero attached hydrogens (tertiary/aromatic N) is 1. The minimum Gasteiger partial charge on any atom is -0.310 e. The lowest BCUT2D eigenvalue weighted by Gasteiger charge is -2.42. The predicted molar refractivity (Wildman–Crippen MR) is 101 cm³/mol. The van der Waals surface area contributed by atoms with Crippen molar-refractivity contribution in [1.82, 2.24) is 0 Å². The second-order valence-electron chi connectivity index (χ2n) is 6.69. The molecule has 0 amide bonds. The van der Waals surface area contributed by atoms with Crippen LogP contribution in [0.25, 0.3) is 0 Å². The minimum atomic E-state index is -0.0254. The van der Waals surface area contributed by atoms with Crippen LogP contribution < -0.4 is 4.90 Å². The van der Waals surface area contributed by atoms with Gasteiger partial charge in [0, 0.05) is 16.7 Å². The third-order valence-electron chi connectivity index (χ3n) is 4.93. The van der Waals surface area contributed by atoms with E-state index in [0.29, 0.717) is 0 Å². The van der Waals surface area contributed by atoms with E-state index in [1.54, 1.807) is 0 Å². The fraction of sp³-hybridized carbons (Fsp3) is 0.130. The normalized spacial score (nSPS) is 14.5. The highest BCUT2D eigenvalue weighted by Crippen LogP contribution is 2.51. The maximum absolute atomic E-state index is 5.50. The molecule has 0 spiro atoms. The van der Waals surface area contributed by atoms with Crippen molar-refractivity contribution in [2.45, 2.75) is 19.3 Å². The Morgan fingerprint density at radius 1 is 0.750 bits per heavy atom. The average molecular weight is 309 g/mol. The van der Waals surface area contributed by atoms with Gasteiger partial charge in [0.05, 0.1) is 11.4 Å². The number of para-hydroxylation sites is 2. The predicted octanol–water partition coefficient (Wildman–Crippen LogP) is 5.78. The van der Waals surface area contributed by atoms with Crippen LogP contribution in [0.15, 0.2) is 72.8 Å². The van der Waals surface area contributed by atoms with Crippen LogP contribution in [-0.2, 0) is 5.41 Å². The van der Waals surface area contributed by atoms with Crippen molar-refractivity contribution >= 4 is 17.1 Å². The van der Waals surface area contributed by atoms with E-state index in [-0.39, 0.29) is 5.41 Å². The maximum Gasteiger partial charge on any atom is 0.0502 e. The molecule has 1 heteroatoms. The topological polar surface area (TPSA) is 3.24 Å². The average Bonchev–Trinajstić information content (AvgIpc) is 2.63. The quantitative estimate of drug-likeness (QED) is 0.515. The summed E-state index contributed by atoms with van der Waals surface area (Å²) in [5, 5.41) is 0. The molecular weight excluding hydrogens is 290 g/mol. The van der Waals surface area contributed by atoms with Gasteiger partial charge >= 0.3 is 0 Å². The molecule has 0 atom stereocenters. The first-order valence-corrected chi connectivity index (χ1v) is 8.19. The molecule has 24 heavy (non-hydrogen) atoms. The van der Waals surface area contributed by atoms with Gasteiger partial charge in [0.15, 0.2) is 0 Å². The summed E-state index contributed by atoms with van der Waals surface area (Å²) in [7, 11) is 0. The van der Waals surface area contributed by atoms with Crippen LogP contribution in [0.2, 0.25) is 0 Å². The van der Waals surface area contributed by atoms with Crippen LogP contribution in [-0.4, -0.2) is 0 Å². The summed E-state index contributed by atoms with van der Waals surface area (Å²) >= 11 is 0. The van der Waals surface area contributed by atoms with Gasteiger partial charge in [-0.3, -0.25) is 0 Å². The van der Waals surface area contributed by atoms with E-state index < -0.39 is 0 Å². The van der Waals surface area contributed by atoms with Crippen LogP contribution >= 0.6 is 0 Å². The summed E-state index contributed by atoms with van der Waals surface area (Å²) in [4.78, 5) is 2.33. The van der Waals surface area contributed by atoms with Crippen molar-refractivity contribution in [3.05, 3.63) is 89.5 Å². The molecule has 0 bridgehead atoms. The van der Waals surface area contributed by atoms with Gasteiger partial charge in [-0.15, -0.1) is 6.42 Å². The highest BCUT2D eigenvalue weighted by Gasteiger charge is 2.36. The third-order valence-corrected chi connectivity index (χ3v) is 4.93. The number of rotatable bonds is 1. The number of terminal acetylenes is 1. The smallest absolute Gasteiger partial charge is 0.0502 e. The Morgan fingerprint density at radius 2 is 1.25 bits per heavy atom. The molecule has 3 aromatic rings. The molecule has 0 fully saturated rings. The largest absolute Gasteiger partial charge is 0.310 e. The standard InChI is InChI=1S/C23H19N/c1-4-17-13-15-18(16-14-17)24-21-11-7-5-9-19(21)23(2,3)20-10-6-8-12-22(20)24/h1,5-16H,2-3H3. The maximum atomic E-state index is 5.50. The number of hydrogen-bond donors (Lipinski definition) is 0. The lowest BCUT2D eigenvalue weighted by atomic mass is 9.73. The van der Waals surface area contributed by atoms with Crippen molar-refractivity contribution in [3.63, 3.8) is 0 Å².